The Labute approximate surface area is 234 Å². The molecule has 39 heavy (non-hydrogen) atoms. The number of nitrogens with two attached hydrogens (primary N) is 1. The minimum absolute atomic E-state index is 0.0724. The highest BCUT2D eigenvalue weighted by molar-refractivity contribution is 5.94. The van der Waals surface area contributed by atoms with Gasteiger partial charge in [-0.25, -0.2) is 8.78 Å². The van der Waals surface area contributed by atoms with Gasteiger partial charge in [0.2, 0.25) is 5.91 Å². The lowest BCUT2D eigenvalue weighted by molar-refractivity contribution is -0.117. The molecule has 1 fully saturated rings. The van der Waals surface area contributed by atoms with Crippen molar-refractivity contribution in [3.05, 3.63) is 64.9 Å². The number of likely N-dealkylation sites (tertiary alicyclic amines) is 1. The minimum Gasteiger partial charge on any atom is -0.370 e. The van der Waals surface area contributed by atoms with Gasteiger partial charge in [-0.1, -0.05) is 53.3 Å². The molecule has 0 aromatic heterocycles. The van der Waals surface area contributed by atoms with Gasteiger partial charge in [0, 0.05) is 25.6 Å². The van der Waals surface area contributed by atoms with Crippen LogP contribution in [0.25, 0.3) is 5.57 Å². The van der Waals surface area contributed by atoms with Gasteiger partial charge in [-0.2, -0.15) is 10.2 Å². The number of primary amides is 1. The normalized spacial score (nSPS) is 15.5. The van der Waals surface area contributed by atoms with Crippen LogP contribution in [0.15, 0.2) is 52.4 Å². The summed E-state index contributed by atoms with van der Waals surface area (Å²) in [6.45, 7) is 23.2. The van der Waals surface area contributed by atoms with E-state index >= 15 is 0 Å². The summed E-state index contributed by atoms with van der Waals surface area (Å²) in [6, 6.07) is 2.66. The number of allylic oxidation sites excluding steroid dienone is 4. The quantitative estimate of drug-likeness (QED) is 0.215. The second-order valence-corrected chi connectivity index (χ2v) is 11.1. The average molecular weight is 547 g/mol. The van der Waals surface area contributed by atoms with Crippen LogP contribution in [-0.4, -0.2) is 43.3 Å². The zero-order valence-corrected chi connectivity index (χ0v) is 25.3. The number of azo groups is 1. The molecule has 0 saturated carbocycles. The second-order valence-electron chi connectivity index (χ2n) is 11.1. The molecular weight excluding hydrogens is 498 g/mol. The third-order valence-corrected chi connectivity index (χ3v) is 6.08. The lowest BCUT2D eigenvalue weighted by Crippen LogP contribution is -2.38. The molecule has 218 valence electrons. The third-order valence-electron chi connectivity index (χ3n) is 6.08. The van der Waals surface area contributed by atoms with Crippen LogP contribution in [0.3, 0.4) is 0 Å². The fourth-order valence-electron chi connectivity index (χ4n) is 3.73. The van der Waals surface area contributed by atoms with E-state index in [1.807, 2.05) is 0 Å². The molecule has 0 aliphatic carbocycles. The van der Waals surface area contributed by atoms with Crippen LogP contribution < -0.4 is 5.73 Å². The van der Waals surface area contributed by atoms with Crippen LogP contribution in [0.2, 0.25) is 0 Å². The molecule has 1 aromatic carbocycles. The fraction of sp³-hybridized carbons (Fsp3) is 0.548. The predicted octanol–water partition coefficient (Wildman–Crippen LogP) is 7.76. The highest BCUT2D eigenvalue weighted by atomic mass is 19.2. The van der Waals surface area contributed by atoms with Crippen molar-refractivity contribution in [2.45, 2.75) is 74.7 Å². The number of amides is 1. The number of carbonyl (C=O) groups excluding carboxylic acids is 2. The summed E-state index contributed by atoms with van der Waals surface area (Å²) in [7, 11) is 1.52. The first-order valence-electron chi connectivity index (χ1n) is 13.4. The summed E-state index contributed by atoms with van der Waals surface area (Å²) in [6.07, 6.45) is 6.44. The smallest absolute Gasteiger partial charge is 0.217 e. The van der Waals surface area contributed by atoms with E-state index in [2.05, 4.69) is 55.1 Å². The maximum absolute atomic E-state index is 14.1. The zero-order valence-electron chi connectivity index (χ0n) is 25.3. The van der Waals surface area contributed by atoms with Gasteiger partial charge in [0.25, 0.3) is 0 Å². The van der Waals surface area contributed by atoms with Crippen molar-refractivity contribution in [1.29, 1.82) is 0 Å². The summed E-state index contributed by atoms with van der Waals surface area (Å²) >= 11 is 0. The number of Topliss-reactive ketones (excluding diaryl/α,β-unsaturated/α-hetero) is 1. The molecule has 0 bridgehead atoms. The molecular formula is C31H48F2N4O2. The summed E-state index contributed by atoms with van der Waals surface area (Å²) in [4.78, 5) is 23.4. The first kappa shape index (κ1) is 36.0. The Morgan fingerprint density at radius 2 is 1.59 bits per heavy atom. The largest absolute Gasteiger partial charge is 0.370 e. The van der Waals surface area contributed by atoms with Crippen molar-refractivity contribution >= 4 is 17.3 Å². The van der Waals surface area contributed by atoms with E-state index in [1.165, 1.54) is 58.6 Å². The molecule has 2 rings (SSSR count). The zero-order chi connectivity index (χ0) is 30.3. The first-order valence-corrected chi connectivity index (χ1v) is 13.4. The van der Waals surface area contributed by atoms with Gasteiger partial charge in [0.15, 0.2) is 17.4 Å². The van der Waals surface area contributed by atoms with Crippen LogP contribution in [-0.2, 0) is 4.79 Å². The maximum Gasteiger partial charge on any atom is 0.217 e. The van der Waals surface area contributed by atoms with E-state index < -0.39 is 17.4 Å². The number of hydrogen-bond acceptors (Lipinski definition) is 5. The lowest BCUT2D eigenvalue weighted by atomic mass is 9.93. The van der Waals surface area contributed by atoms with Crippen LogP contribution in [0.5, 0.6) is 0 Å². The molecule has 0 atom stereocenters. The van der Waals surface area contributed by atoms with Gasteiger partial charge in [-0.3, -0.25) is 9.59 Å². The van der Waals surface area contributed by atoms with E-state index in [-0.39, 0.29) is 17.0 Å². The van der Waals surface area contributed by atoms with Gasteiger partial charge in [-0.05, 0) is 81.3 Å². The van der Waals surface area contributed by atoms with E-state index in [9.17, 15) is 18.4 Å². The summed E-state index contributed by atoms with van der Waals surface area (Å²) in [5, 5.41) is 7.64. The topological polar surface area (TPSA) is 88.1 Å². The van der Waals surface area contributed by atoms with Gasteiger partial charge in [0.1, 0.15) is 0 Å². The monoisotopic (exact) mass is 546 g/mol. The van der Waals surface area contributed by atoms with E-state index in [0.29, 0.717) is 23.1 Å². The Morgan fingerprint density at radius 3 is 2.00 bits per heavy atom. The van der Waals surface area contributed by atoms with Crippen molar-refractivity contribution in [2.75, 3.05) is 26.7 Å². The molecule has 1 amide bonds. The van der Waals surface area contributed by atoms with Gasteiger partial charge >= 0.3 is 0 Å². The highest BCUT2D eigenvalue weighted by Gasteiger charge is 2.20. The molecule has 1 aromatic rings. The Balaban J connectivity index is 0.000000705. The van der Waals surface area contributed by atoms with Crippen LogP contribution >= 0.6 is 0 Å². The standard InChI is InChI=1S/C17H18F2N2O.C11H23N.C3H7NO/c1-6-10(2)15(21-20-5)9-11(3)13-7-8-14(12(4)22)17(19)16(13)18;1-10-5-7-12(8-6-10)9-11(2,3)4;1-2-3(4)5/h6-9H,1H2,2-5H3;10H,5-9H2,1-4H3;2H2,1H3,(H2,4,5)/b11-9+,15-10+,21-20?;;. The molecule has 0 radical (unpaired) electrons. The van der Waals surface area contributed by atoms with Crippen molar-refractivity contribution in [3.63, 3.8) is 0 Å². The molecule has 0 unspecified atom stereocenters. The average Bonchev–Trinajstić information content (AvgIpc) is 2.85. The fourth-order valence-corrected chi connectivity index (χ4v) is 3.73. The Morgan fingerprint density at radius 1 is 1.10 bits per heavy atom. The molecule has 0 spiro atoms. The molecule has 1 heterocycles. The number of piperidine rings is 1. The molecule has 8 heteroatoms. The highest BCUT2D eigenvalue weighted by Crippen LogP contribution is 2.25. The Hall–Kier alpha value is -3.00. The summed E-state index contributed by atoms with van der Waals surface area (Å²) in [5.41, 5.74) is 6.66. The number of ketones is 1. The second kappa shape index (κ2) is 17.6. The molecule has 2 N–H and O–H groups in total. The van der Waals surface area contributed by atoms with Crippen molar-refractivity contribution in [3.8, 4) is 0 Å². The third kappa shape index (κ3) is 14.1. The Kier molecular flexibility index (Phi) is 16.2. The van der Waals surface area contributed by atoms with Gasteiger partial charge < -0.3 is 10.6 Å². The number of carbonyl (C=O) groups is 2. The van der Waals surface area contributed by atoms with Crippen molar-refractivity contribution in [1.82, 2.24) is 4.90 Å². The van der Waals surface area contributed by atoms with E-state index in [0.717, 1.165) is 11.5 Å². The van der Waals surface area contributed by atoms with Crippen LogP contribution in [0, 0.1) is 23.0 Å². The molecule has 1 aliphatic heterocycles. The Bertz CT molecular complexity index is 1060. The van der Waals surface area contributed by atoms with E-state index in [4.69, 9.17) is 0 Å². The molecule has 1 aliphatic rings. The van der Waals surface area contributed by atoms with Crippen molar-refractivity contribution < 1.29 is 18.4 Å². The predicted molar refractivity (Wildman–Crippen MR) is 157 cm³/mol. The van der Waals surface area contributed by atoms with Gasteiger partial charge in [-0.15, -0.1) is 0 Å². The van der Waals surface area contributed by atoms with Gasteiger partial charge in [0.05, 0.1) is 11.3 Å². The number of benzene rings is 1. The summed E-state index contributed by atoms with van der Waals surface area (Å²) in [5.74, 6) is -2.00. The molecule has 1 saturated heterocycles. The first-order chi connectivity index (χ1) is 18.1. The van der Waals surface area contributed by atoms with Crippen LogP contribution in [0.1, 0.15) is 90.6 Å². The maximum atomic E-state index is 14.1. The lowest BCUT2D eigenvalue weighted by Gasteiger charge is -2.34. The summed E-state index contributed by atoms with van der Waals surface area (Å²) < 4.78 is 28.0. The van der Waals surface area contributed by atoms with Crippen LogP contribution in [0.4, 0.5) is 8.78 Å². The molecule has 6 nitrogen and oxygen atoms in total. The SMILES string of the molecule is C=C/C(C)=C(\C=C(/C)c1ccc(C(C)=O)c(F)c1F)N=NC.CC1CCN(CC(C)(C)C)CC1.CCC(N)=O. The number of halogens is 2. The number of hydrogen-bond donors (Lipinski definition) is 1. The van der Waals surface area contributed by atoms with Crippen molar-refractivity contribution in [2.24, 2.45) is 27.3 Å². The van der Waals surface area contributed by atoms with E-state index in [1.54, 1.807) is 32.9 Å². The number of nitrogens with zero attached hydrogens (tertiary/aromatic N) is 3. The number of rotatable bonds is 7. The minimum atomic E-state index is -1.14.